The fraction of sp³-hybridized carbons (Fsp3) is 0.316. The number of hydrogen-bond acceptors (Lipinski definition) is 5. The number of nitrogens with one attached hydrogen (secondary N) is 2. The van der Waals surface area contributed by atoms with Crippen molar-refractivity contribution in [3.63, 3.8) is 0 Å². The molecule has 0 spiro atoms. The normalized spacial score (nSPS) is 10.5. The van der Waals surface area contributed by atoms with Crippen LogP contribution in [-0.2, 0) is 9.53 Å². The number of anilines is 1. The zero-order valence-electron chi connectivity index (χ0n) is 15.4. The van der Waals surface area contributed by atoms with E-state index in [0.29, 0.717) is 28.3 Å². The molecule has 1 heterocycles. The summed E-state index contributed by atoms with van der Waals surface area (Å²) in [5.41, 5.74) is 2.16. The summed E-state index contributed by atoms with van der Waals surface area (Å²) in [4.78, 5) is 38.5. The Kier molecular flexibility index (Phi) is 5.82. The molecule has 0 radical (unpaired) electrons. The van der Waals surface area contributed by atoms with Gasteiger partial charge < -0.3 is 19.8 Å². The molecule has 1 amide bonds. The highest BCUT2D eigenvalue weighted by molar-refractivity contribution is 5.99. The molecule has 0 bridgehead atoms. The molecule has 0 fully saturated rings. The smallest absolute Gasteiger partial charge is 0.360 e. The van der Waals surface area contributed by atoms with E-state index in [9.17, 15) is 14.4 Å². The monoisotopic (exact) mass is 358 g/mol. The second-order valence-corrected chi connectivity index (χ2v) is 6.17. The summed E-state index contributed by atoms with van der Waals surface area (Å²) in [5, 5.41) is 2.63. The van der Waals surface area contributed by atoms with Crippen LogP contribution in [0, 0.1) is 13.8 Å². The van der Waals surface area contributed by atoms with Crippen molar-refractivity contribution >= 4 is 23.5 Å². The van der Waals surface area contributed by atoms with E-state index in [2.05, 4.69) is 10.3 Å². The van der Waals surface area contributed by atoms with Gasteiger partial charge in [-0.05, 0) is 57.5 Å². The number of aryl methyl sites for hydroxylation is 1. The van der Waals surface area contributed by atoms with E-state index in [1.807, 2.05) is 0 Å². The maximum atomic E-state index is 12.4. The number of H-pyrrole nitrogens is 1. The Hall–Kier alpha value is -3.09. The lowest BCUT2D eigenvalue weighted by molar-refractivity contribution is -0.114. The first-order valence-corrected chi connectivity index (χ1v) is 8.19. The number of carbonyl (C=O) groups excluding carboxylic acids is 3. The van der Waals surface area contributed by atoms with Crippen LogP contribution in [0.2, 0.25) is 0 Å². The van der Waals surface area contributed by atoms with Crippen molar-refractivity contribution in [3.05, 3.63) is 46.8 Å². The van der Waals surface area contributed by atoms with Gasteiger partial charge in [0.05, 0.1) is 11.7 Å². The highest BCUT2D eigenvalue weighted by atomic mass is 16.5. The Balaban J connectivity index is 2.17. The minimum atomic E-state index is -0.610. The molecule has 0 aliphatic rings. The molecular formula is C19H22N2O5. The Morgan fingerprint density at radius 3 is 2.19 bits per heavy atom. The van der Waals surface area contributed by atoms with E-state index >= 15 is 0 Å². The third-order valence-corrected chi connectivity index (χ3v) is 3.57. The molecule has 2 rings (SSSR count). The minimum Gasteiger partial charge on any atom is -0.459 e. The second kappa shape index (κ2) is 7.86. The van der Waals surface area contributed by atoms with Crippen LogP contribution in [0.4, 0.5) is 5.69 Å². The van der Waals surface area contributed by atoms with Crippen LogP contribution in [-0.4, -0.2) is 28.9 Å². The van der Waals surface area contributed by atoms with Crippen LogP contribution in [0.25, 0.3) is 0 Å². The fourth-order valence-electron chi connectivity index (χ4n) is 2.50. The minimum absolute atomic E-state index is 0.187. The van der Waals surface area contributed by atoms with E-state index in [1.54, 1.807) is 52.0 Å². The Morgan fingerprint density at radius 2 is 1.65 bits per heavy atom. The summed E-state index contributed by atoms with van der Waals surface area (Å²) in [6, 6.07) is 6.40. The summed E-state index contributed by atoms with van der Waals surface area (Å²) in [6.07, 6.45) is -0.256. The lowest BCUT2D eigenvalue weighted by atomic mass is 10.1. The Morgan fingerprint density at radius 1 is 1.04 bits per heavy atom. The summed E-state index contributed by atoms with van der Waals surface area (Å²) in [6.45, 7) is 8.29. The SMILES string of the molecule is CC(=O)Nc1ccc(OC(=O)c2[nH]c(C)c(C(=O)OC(C)C)c2C)cc1. The van der Waals surface area contributed by atoms with Crippen LogP contribution in [0.3, 0.4) is 0 Å². The van der Waals surface area contributed by atoms with Gasteiger partial charge in [-0.15, -0.1) is 0 Å². The van der Waals surface area contributed by atoms with E-state index in [0.717, 1.165) is 0 Å². The van der Waals surface area contributed by atoms with Crippen LogP contribution in [0.5, 0.6) is 5.75 Å². The molecule has 0 unspecified atom stereocenters. The van der Waals surface area contributed by atoms with Crippen molar-refractivity contribution in [2.75, 3.05) is 5.32 Å². The van der Waals surface area contributed by atoms with E-state index in [-0.39, 0.29) is 17.7 Å². The van der Waals surface area contributed by atoms with Gasteiger partial charge in [0.2, 0.25) is 5.91 Å². The molecule has 26 heavy (non-hydrogen) atoms. The molecule has 2 N–H and O–H groups in total. The van der Waals surface area contributed by atoms with Crippen LogP contribution in [0.1, 0.15) is 52.9 Å². The molecule has 1 aromatic carbocycles. The fourth-order valence-corrected chi connectivity index (χ4v) is 2.50. The van der Waals surface area contributed by atoms with Crippen molar-refractivity contribution in [2.45, 2.75) is 40.7 Å². The average molecular weight is 358 g/mol. The lowest BCUT2D eigenvalue weighted by Crippen LogP contribution is -2.14. The van der Waals surface area contributed by atoms with Gasteiger partial charge in [0, 0.05) is 18.3 Å². The van der Waals surface area contributed by atoms with Gasteiger partial charge in [-0.2, -0.15) is 0 Å². The number of aromatic amines is 1. The maximum absolute atomic E-state index is 12.4. The first kappa shape index (κ1) is 19.2. The molecule has 0 saturated carbocycles. The van der Waals surface area contributed by atoms with Gasteiger partial charge in [-0.3, -0.25) is 4.79 Å². The number of carbonyl (C=O) groups is 3. The van der Waals surface area contributed by atoms with Gasteiger partial charge in [0.15, 0.2) is 0 Å². The van der Waals surface area contributed by atoms with Crippen LogP contribution in [0.15, 0.2) is 24.3 Å². The lowest BCUT2D eigenvalue weighted by Gasteiger charge is -2.08. The average Bonchev–Trinajstić information content (AvgIpc) is 2.83. The number of aromatic nitrogens is 1. The summed E-state index contributed by atoms with van der Waals surface area (Å²) in [5.74, 6) is -0.957. The molecule has 0 atom stereocenters. The molecule has 0 saturated heterocycles. The zero-order chi connectivity index (χ0) is 19.4. The zero-order valence-corrected chi connectivity index (χ0v) is 15.4. The Labute approximate surface area is 151 Å². The third-order valence-electron chi connectivity index (χ3n) is 3.57. The van der Waals surface area contributed by atoms with E-state index in [4.69, 9.17) is 9.47 Å². The van der Waals surface area contributed by atoms with Gasteiger partial charge >= 0.3 is 11.9 Å². The van der Waals surface area contributed by atoms with Gasteiger partial charge in [-0.25, -0.2) is 9.59 Å². The molecule has 7 heteroatoms. The predicted molar refractivity (Wildman–Crippen MR) is 96.5 cm³/mol. The van der Waals surface area contributed by atoms with E-state index < -0.39 is 11.9 Å². The number of ether oxygens (including phenoxy) is 2. The maximum Gasteiger partial charge on any atom is 0.360 e. The number of amides is 1. The van der Waals surface area contributed by atoms with Crippen molar-refractivity contribution in [1.82, 2.24) is 4.98 Å². The van der Waals surface area contributed by atoms with Gasteiger partial charge in [0.1, 0.15) is 11.4 Å². The van der Waals surface area contributed by atoms with Crippen molar-refractivity contribution < 1.29 is 23.9 Å². The number of esters is 2. The number of hydrogen-bond donors (Lipinski definition) is 2. The molecule has 0 aliphatic heterocycles. The van der Waals surface area contributed by atoms with Gasteiger partial charge in [-0.1, -0.05) is 0 Å². The second-order valence-electron chi connectivity index (χ2n) is 6.17. The number of benzene rings is 1. The highest BCUT2D eigenvalue weighted by Gasteiger charge is 2.24. The summed E-state index contributed by atoms with van der Waals surface area (Å²) < 4.78 is 10.5. The highest BCUT2D eigenvalue weighted by Crippen LogP contribution is 2.22. The Bertz CT molecular complexity index is 834. The first-order valence-electron chi connectivity index (χ1n) is 8.19. The van der Waals surface area contributed by atoms with Crippen LogP contribution >= 0.6 is 0 Å². The summed E-state index contributed by atoms with van der Waals surface area (Å²) >= 11 is 0. The van der Waals surface area contributed by atoms with E-state index in [1.165, 1.54) is 6.92 Å². The molecule has 7 nitrogen and oxygen atoms in total. The van der Waals surface area contributed by atoms with Crippen LogP contribution < -0.4 is 10.1 Å². The standard InChI is InChI=1S/C19H22N2O5/c1-10(2)25-18(23)16-11(3)17(20-12(16)4)19(24)26-15-8-6-14(7-9-15)21-13(5)22/h6-10,20H,1-5H3,(H,21,22). The first-order chi connectivity index (χ1) is 12.2. The van der Waals surface area contributed by atoms with Crippen molar-refractivity contribution in [3.8, 4) is 5.75 Å². The molecule has 2 aromatic rings. The quantitative estimate of drug-likeness (QED) is 0.631. The largest absolute Gasteiger partial charge is 0.459 e. The predicted octanol–water partition coefficient (Wildman–Crippen LogP) is 3.37. The summed E-state index contributed by atoms with van der Waals surface area (Å²) in [7, 11) is 0. The molecule has 138 valence electrons. The van der Waals surface area contributed by atoms with Crippen molar-refractivity contribution in [2.24, 2.45) is 0 Å². The molecule has 0 aliphatic carbocycles. The van der Waals surface area contributed by atoms with Crippen molar-refractivity contribution in [1.29, 1.82) is 0 Å². The molecule has 1 aromatic heterocycles. The number of rotatable bonds is 5. The van der Waals surface area contributed by atoms with Gasteiger partial charge in [0.25, 0.3) is 0 Å². The molecular weight excluding hydrogens is 336 g/mol. The third kappa shape index (κ3) is 4.50. The topological polar surface area (TPSA) is 97.5 Å².